The molecule has 1 aromatic rings. The number of hydrogen-bond acceptors (Lipinski definition) is 3. The van der Waals surface area contributed by atoms with Gasteiger partial charge in [-0.05, 0) is 67.1 Å². The number of anilines is 1. The summed E-state index contributed by atoms with van der Waals surface area (Å²) < 4.78 is 0.795. The van der Waals surface area contributed by atoms with Crippen molar-refractivity contribution in [3.63, 3.8) is 0 Å². The van der Waals surface area contributed by atoms with Gasteiger partial charge < -0.3 is 15.5 Å². The summed E-state index contributed by atoms with van der Waals surface area (Å²) in [6.45, 7) is 10.9. The molecule has 0 aliphatic heterocycles. The Bertz CT molecular complexity index is 461. The number of nitrogens with two attached hydrogens (primary N) is 1. The summed E-state index contributed by atoms with van der Waals surface area (Å²) in [7, 11) is 0. The summed E-state index contributed by atoms with van der Waals surface area (Å²) >= 11 is 3.43. The van der Waals surface area contributed by atoms with Crippen molar-refractivity contribution in [3.8, 4) is 0 Å². The van der Waals surface area contributed by atoms with E-state index in [1.165, 1.54) is 0 Å². The number of hydrogen-bond donors (Lipinski definition) is 1. The molecule has 0 aromatic heterocycles. The minimum atomic E-state index is 0.0382. The molecule has 118 valence electrons. The molecular formula is C16H26BrN3O. The predicted octanol–water partition coefficient (Wildman–Crippen LogP) is 3.23. The van der Waals surface area contributed by atoms with Crippen LogP contribution in [0.4, 0.5) is 5.69 Å². The molecule has 0 aliphatic rings. The lowest BCUT2D eigenvalue weighted by Crippen LogP contribution is -2.34. The molecule has 0 saturated carbocycles. The molecule has 4 nitrogen and oxygen atoms in total. The van der Waals surface area contributed by atoms with Crippen LogP contribution in [0.3, 0.4) is 0 Å². The van der Waals surface area contributed by atoms with E-state index in [1.54, 1.807) is 12.1 Å². The van der Waals surface area contributed by atoms with Gasteiger partial charge in [-0.15, -0.1) is 0 Å². The third kappa shape index (κ3) is 5.32. The van der Waals surface area contributed by atoms with Gasteiger partial charge in [-0.3, -0.25) is 4.79 Å². The van der Waals surface area contributed by atoms with Crippen molar-refractivity contribution in [3.05, 3.63) is 28.2 Å². The quantitative estimate of drug-likeness (QED) is 0.728. The summed E-state index contributed by atoms with van der Waals surface area (Å²) in [4.78, 5) is 16.8. The maximum Gasteiger partial charge on any atom is 0.255 e. The Kier molecular flexibility index (Phi) is 7.75. The Morgan fingerprint density at radius 2 is 1.81 bits per heavy atom. The van der Waals surface area contributed by atoms with Crippen LogP contribution in [0.25, 0.3) is 0 Å². The number of amides is 1. The Labute approximate surface area is 136 Å². The number of nitrogen functional groups attached to an aromatic ring is 1. The van der Waals surface area contributed by atoms with Gasteiger partial charge in [-0.1, -0.05) is 13.8 Å². The summed E-state index contributed by atoms with van der Waals surface area (Å²) in [6, 6.07) is 5.35. The van der Waals surface area contributed by atoms with Crippen molar-refractivity contribution in [1.29, 1.82) is 0 Å². The third-order valence-corrected chi connectivity index (χ3v) is 4.38. The van der Waals surface area contributed by atoms with Gasteiger partial charge in [0.25, 0.3) is 5.91 Å². The van der Waals surface area contributed by atoms with Crippen LogP contribution in [0.1, 0.15) is 37.6 Å². The monoisotopic (exact) mass is 355 g/mol. The maximum absolute atomic E-state index is 12.6. The second-order valence-electron chi connectivity index (χ2n) is 5.00. The van der Waals surface area contributed by atoms with Gasteiger partial charge in [-0.25, -0.2) is 0 Å². The number of carbonyl (C=O) groups is 1. The lowest BCUT2D eigenvalue weighted by Gasteiger charge is -2.24. The molecule has 0 spiro atoms. The highest BCUT2D eigenvalue weighted by molar-refractivity contribution is 9.10. The van der Waals surface area contributed by atoms with Gasteiger partial charge in [0.1, 0.15) is 0 Å². The van der Waals surface area contributed by atoms with Crippen LogP contribution < -0.4 is 5.73 Å². The molecule has 21 heavy (non-hydrogen) atoms. The van der Waals surface area contributed by atoms with Crippen LogP contribution in [0.15, 0.2) is 22.7 Å². The Hall–Kier alpha value is -1.07. The fraction of sp³-hybridized carbons (Fsp3) is 0.562. The topological polar surface area (TPSA) is 49.6 Å². The van der Waals surface area contributed by atoms with E-state index in [1.807, 2.05) is 17.9 Å². The first-order chi connectivity index (χ1) is 10.0. The normalized spacial score (nSPS) is 10.9. The molecule has 2 N–H and O–H groups in total. The molecule has 0 bridgehead atoms. The molecule has 0 unspecified atom stereocenters. The van der Waals surface area contributed by atoms with Crippen LogP contribution in [-0.4, -0.2) is 48.4 Å². The van der Waals surface area contributed by atoms with Crippen molar-refractivity contribution in [2.45, 2.75) is 27.2 Å². The highest BCUT2D eigenvalue weighted by Crippen LogP contribution is 2.21. The van der Waals surface area contributed by atoms with Crippen molar-refractivity contribution in [2.24, 2.45) is 0 Å². The molecule has 1 rings (SSSR count). The van der Waals surface area contributed by atoms with Gasteiger partial charge in [0.15, 0.2) is 0 Å². The van der Waals surface area contributed by atoms with E-state index in [4.69, 9.17) is 5.73 Å². The number of benzene rings is 1. The standard InChI is InChI=1S/C16H26BrN3O/c1-4-19(5-2)10-7-11-20(6-3)16(21)14-12-13(18)8-9-15(14)17/h8-9,12H,4-7,10-11,18H2,1-3H3. The first kappa shape index (κ1) is 18.0. The van der Waals surface area contributed by atoms with Gasteiger partial charge >= 0.3 is 0 Å². The third-order valence-electron chi connectivity index (χ3n) is 3.69. The minimum Gasteiger partial charge on any atom is -0.399 e. The molecule has 1 amide bonds. The minimum absolute atomic E-state index is 0.0382. The summed E-state index contributed by atoms with van der Waals surface area (Å²) in [5.41, 5.74) is 7.03. The van der Waals surface area contributed by atoms with E-state index in [0.29, 0.717) is 17.8 Å². The average molecular weight is 356 g/mol. The highest BCUT2D eigenvalue weighted by Gasteiger charge is 2.17. The molecule has 0 aliphatic carbocycles. The number of carbonyl (C=O) groups excluding carboxylic acids is 1. The molecule has 1 aromatic carbocycles. The molecule has 0 heterocycles. The molecule has 0 atom stereocenters. The number of halogens is 1. The largest absolute Gasteiger partial charge is 0.399 e. The molecule has 5 heteroatoms. The predicted molar refractivity (Wildman–Crippen MR) is 92.5 cm³/mol. The van der Waals surface area contributed by atoms with Gasteiger partial charge in [0.2, 0.25) is 0 Å². The van der Waals surface area contributed by atoms with E-state index in [2.05, 4.69) is 34.7 Å². The van der Waals surface area contributed by atoms with Crippen molar-refractivity contribution >= 4 is 27.5 Å². The fourth-order valence-electron chi connectivity index (χ4n) is 2.31. The second kappa shape index (κ2) is 9.05. The van der Waals surface area contributed by atoms with E-state index in [-0.39, 0.29) is 5.91 Å². The van der Waals surface area contributed by atoms with Gasteiger partial charge in [-0.2, -0.15) is 0 Å². The van der Waals surface area contributed by atoms with E-state index >= 15 is 0 Å². The average Bonchev–Trinajstić information content (AvgIpc) is 2.49. The second-order valence-corrected chi connectivity index (χ2v) is 5.86. The van der Waals surface area contributed by atoms with Crippen molar-refractivity contribution < 1.29 is 4.79 Å². The van der Waals surface area contributed by atoms with E-state index in [0.717, 1.165) is 37.1 Å². The zero-order valence-corrected chi connectivity index (χ0v) is 14.8. The Balaban J connectivity index is 2.67. The van der Waals surface area contributed by atoms with Crippen molar-refractivity contribution in [1.82, 2.24) is 9.80 Å². The lowest BCUT2D eigenvalue weighted by atomic mass is 10.1. The summed E-state index contributed by atoms with van der Waals surface area (Å²) in [6.07, 6.45) is 0.987. The summed E-state index contributed by atoms with van der Waals surface area (Å²) in [5, 5.41) is 0. The van der Waals surface area contributed by atoms with Crippen LogP contribution in [0, 0.1) is 0 Å². The first-order valence-corrected chi connectivity index (χ1v) is 8.39. The Morgan fingerprint density at radius 3 is 2.38 bits per heavy atom. The van der Waals surface area contributed by atoms with E-state index in [9.17, 15) is 4.79 Å². The summed E-state index contributed by atoms with van der Waals surface area (Å²) in [5.74, 6) is 0.0382. The molecule has 0 saturated heterocycles. The smallest absolute Gasteiger partial charge is 0.255 e. The zero-order chi connectivity index (χ0) is 15.8. The van der Waals surface area contributed by atoms with Crippen molar-refractivity contribution in [2.75, 3.05) is 38.5 Å². The zero-order valence-electron chi connectivity index (χ0n) is 13.2. The Morgan fingerprint density at radius 1 is 1.14 bits per heavy atom. The lowest BCUT2D eigenvalue weighted by molar-refractivity contribution is 0.0756. The number of rotatable bonds is 8. The molecule has 0 radical (unpaired) electrons. The van der Waals surface area contributed by atoms with Crippen LogP contribution >= 0.6 is 15.9 Å². The SMILES string of the molecule is CCN(CC)CCCN(CC)C(=O)c1cc(N)ccc1Br. The van der Waals surface area contributed by atoms with Crippen LogP contribution in [0.5, 0.6) is 0 Å². The number of nitrogens with zero attached hydrogens (tertiary/aromatic N) is 2. The van der Waals surface area contributed by atoms with Crippen LogP contribution in [0.2, 0.25) is 0 Å². The molecular weight excluding hydrogens is 330 g/mol. The first-order valence-electron chi connectivity index (χ1n) is 7.60. The van der Waals surface area contributed by atoms with Gasteiger partial charge in [0, 0.05) is 23.2 Å². The van der Waals surface area contributed by atoms with Crippen LogP contribution in [-0.2, 0) is 0 Å². The van der Waals surface area contributed by atoms with E-state index < -0.39 is 0 Å². The fourth-order valence-corrected chi connectivity index (χ4v) is 2.72. The molecule has 0 fully saturated rings. The van der Waals surface area contributed by atoms with Gasteiger partial charge in [0.05, 0.1) is 5.56 Å². The maximum atomic E-state index is 12.6. The highest BCUT2D eigenvalue weighted by atomic mass is 79.9.